The van der Waals surface area contributed by atoms with Crippen LogP contribution in [0.1, 0.15) is 55.1 Å². The summed E-state index contributed by atoms with van der Waals surface area (Å²) >= 11 is 0. The maximum Gasteiger partial charge on any atom is 0.226 e. The fourth-order valence-electron chi connectivity index (χ4n) is 4.14. The Balaban J connectivity index is 1.54. The number of H-pyrrole nitrogens is 1. The molecule has 1 saturated heterocycles. The number of hydrogen-bond acceptors (Lipinski definition) is 2. The zero-order valence-corrected chi connectivity index (χ0v) is 12.4. The molecule has 20 heavy (non-hydrogen) atoms. The molecule has 0 bridgehead atoms. The van der Waals surface area contributed by atoms with Crippen molar-refractivity contribution in [1.82, 2.24) is 15.1 Å². The lowest BCUT2D eigenvalue weighted by molar-refractivity contribution is -0.133. The summed E-state index contributed by atoms with van der Waals surface area (Å²) in [6.45, 7) is 5.05. The Morgan fingerprint density at radius 2 is 2.10 bits per heavy atom. The van der Waals surface area contributed by atoms with E-state index in [1.807, 2.05) is 6.92 Å². The standard InChI is InChI=1S/C16H23N3O/c1-9-15(10(2)18-17-9)14-4-3-7-19(14)16(20)13-8-12(13)11-5-6-11/h11-14H,3-8H2,1-2H3,(H,17,18)/t12-,13-,14+/m1/s1. The molecule has 4 rings (SSSR count). The van der Waals surface area contributed by atoms with Gasteiger partial charge in [-0.25, -0.2) is 0 Å². The van der Waals surface area contributed by atoms with Crippen LogP contribution in [0.4, 0.5) is 0 Å². The largest absolute Gasteiger partial charge is 0.335 e. The van der Waals surface area contributed by atoms with Crippen LogP contribution in [0.15, 0.2) is 0 Å². The highest BCUT2D eigenvalue weighted by Gasteiger charge is 2.53. The van der Waals surface area contributed by atoms with Crippen molar-refractivity contribution in [2.45, 2.75) is 52.0 Å². The van der Waals surface area contributed by atoms with Gasteiger partial charge >= 0.3 is 0 Å². The average molecular weight is 273 g/mol. The van der Waals surface area contributed by atoms with E-state index in [0.717, 1.165) is 49.0 Å². The molecule has 0 aromatic carbocycles. The highest BCUT2D eigenvalue weighted by Crippen LogP contribution is 2.55. The monoisotopic (exact) mass is 273 g/mol. The predicted molar refractivity (Wildman–Crippen MR) is 76.1 cm³/mol. The first kappa shape index (κ1) is 12.4. The molecule has 2 saturated carbocycles. The second kappa shape index (κ2) is 4.34. The lowest BCUT2D eigenvalue weighted by Crippen LogP contribution is -2.32. The smallest absolute Gasteiger partial charge is 0.226 e. The van der Waals surface area contributed by atoms with Crippen molar-refractivity contribution in [2.75, 3.05) is 6.54 Å². The molecule has 2 heterocycles. The zero-order chi connectivity index (χ0) is 13.9. The number of nitrogens with one attached hydrogen (secondary N) is 1. The molecule has 1 amide bonds. The summed E-state index contributed by atoms with van der Waals surface area (Å²) in [5.41, 5.74) is 3.45. The van der Waals surface area contributed by atoms with Crippen molar-refractivity contribution in [3.8, 4) is 0 Å². The molecule has 3 atom stereocenters. The van der Waals surface area contributed by atoms with Crippen LogP contribution < -0.4 is 0 Å². The summed E-state index contributed by atoms with van der Waals surface area (Å²) in [5.74, 6) is 2.36. The summed E-state index contributed by atoms with van der Waals surface area (Å²) < 4.78 is 0. The number of aryl methyl sites for hydroxylation is 2. The van der Waals surface area contributed by atoms with Crippen molar-refractivity contribution in [3.05, 3.63) is 17.0 Å². The second-order valence-corrected chi connectivity index (χ2v) is 6.88. The first-order valence-corrected chi connectivity index (χ1v) is 7.98. The lowest BCUT2D eigenvalue weighted by Gasteiger charge is -2.25. The number of aromatic nitrogens is 2. The van der Waals surface area contributed by atoms with Crippen molar-refractivity contribution >= 4 is 5.91 Å². The van der Waals surface area contributed by atoms with Crippen LogP contribution in [0.5, 0.6) is 0 Å². The van der Waals surface area contributed by atoms with E-state index in [1.54, 1.807) is 0 Å². The van der Waals surface area contributed by atoms with E-state index in [2.05, 4.69) is 22.0 Å². The molecule has 1 aromatic rings. The minimum Gasteiger partial charge on any atom is -0.335 e. The van der Waals surface area contributed by atoms with Gasteiger partial charge in [-0.15, -0.1) is 0 Å². The number of rotatable bonds is 3. The molecule has 1 N–H and O–H groups in total. The van der Waals surface area contributed by atoms with Gasteiger partial charge in [-0.3, -0.25) is 9.89 Å². The number of carbonyl (C=O) groups is 1. The van der Waals surface area contributed by atoms with Gasteiger partial charge in [-0.05, 0) is 57.8 Å². The van der Waals surface area contributed by atoms with Gasteiger partial charge in [0.1, 0.15) is 0 Å². The van der Waals surface area contributed by atoms with Crippen LogP contribution in [0.2, 0.25) is 0 Å². The lowest BCUT2D eigenvalue weighted by atomic mass is 10.0. The summed E-state index contributed by atoms with van der Waals surface area (Å²) in [6.07, 6.45) is 6.08. The molecule has 0 radical (unpaired) electrons. The number of hydrogen-bond donors (Lipinski definition) is 1. The summed E-state index contributed by atoms with van der Waals surface area (Å²) in [7, 11) is 0. The van der Waals surface area contributed by atoms with E-state index in [-0.39, 0.29) is 6.04 Å². The van der Waals surface area contributed by atoms with Crippen molar-refractivity contribution < 1.29 is 4.79 Å². The molecule has 1 aromatic heterocycles. The number of aromatic amines is 1. The van der Waals surface area contributed by atoms with E-state index in [9.17, 15) is 4.79 Å². The third kappa shape index (κ3) is 1.88. The van der Waals surface area contributed by atoms with Crippen LogP contribution in [-0.2, 0) is 4.79 Å². The molecule has 3 fully saturated rings. The van der Waals surface area contributed by atoms with E-state index in [0.29, 0.717) is 11.8 Å². The summed E-state index contributed by atoms with van der Waals surface area (Å²) in [5, 5.41) is 7.37. The first-order valence-electron chi connectivity index (χ1n) is 7.98. The summed E-state index contributed by atoms with van der Waals surface area (Å²) in [6, 6.07) is 0.265. The molecule has 3 aliphatic rings. The third-order valence-electron chi connectivity index (χ3n) is 5.44. The molecule has 2 aliphatic carbocycles. The van der Waals surface area contributed by atoms with E-state index in [4.69, 9.17) is 0 Å². The minimum atomic E-state index is 0.265. The van der Waals surface area contributed by atoms with E-state index in [1.165, 1.54) is 18.4 Å². The van der Waals surface area contributed by atoms with Gasteiger partial charge in [-0.2, -0.15) is 5.10 Å². The number of likely N-dealkylation sites (tertiary alicyclic amines) is 1. The van der Waals surface area contributed by atoms with E-state index >= 15 is 0 Å². The Kier molecular flexibility index (Phi) is 2.69. The third-order valence-corrected chi connectivity index (χ3v) is 5.44. The minimum absolute atomic E-state index is 0.265. The fraction of sp³-hybridized carbons (Fsp3) is 0.750. The molecule has 4 nitrogen and oxygen atoms in total. The molecule has 4 heteroatoms. The van der Waals surface area contributed by atoms with Gasteiger partial charge in [0.05, 0.1) is 11.7 Å². The van der Waals surface area contributed by atoms with Crippen LogP contribution in [-0.4, -0.2) is 27.5 Å². The predicted octanol–water partition coefficient (Wildman–Crippen LogP) is 2.74. The van der Waals surface area contributed by atoms with Gasteiger partial charge in [0.2, 0.25) is 5.91 Å². The van der Waals surface area contributed by atoms with Crippen LogP contribution >= 0.6 is 0 Å². The molecular formula is C16H23N3O. The molecule has 1 aliphatic heterocycles. The normalized spacial score (nSPS) is 32.7. The summed E-state index contributed by atoms with van der Waals surface area (Å²) in [4.78, 5) is 14.9. The van der Waals surface area contributed by atoms with Gasteiger partial charge in [0.25, 0.3) is 0 Å². The molecule has 108 valence electrons. The fourth-order valence-corrected chi connectivity index (χ4v) is 4.14. The number of carbonyl (C=O) groups excluding carboxylic acids is 1. The highest BCUT2D eigenvalue weighted by atomic mass is 16.2. The van der Waals surface area contributed by atoms with E-state index < -0.39 is 0 Å². The first-order chi connectivity index (χ1) is 9.66. The number of nitrogens with zero attached hydrogens (tertiary/aromatic N) is 2. The Morgan fingerprint density at radius 3 is 2.75 bits per heavy atom. The number of amides is 1. The Labute approximate surface area is 119 Å². The Hall–Kier alpha value is -1.32. The van der Waals surface area contributed by atoms with Gasteiger partial charge < -0.3 is 4.90 Å². The highest BCUT2D eigenvalue weighted by molar-refractivity contribution is 5.82. The van der Waals surface area contributed by atoms with Crippen molar-refractivity contribution in [1.29, 1.82) is 0 Å². The van der Waals surface area contributed by atoms with Crippen molar-refractivity contribution in [2.24, 2.45) is 17.8 Å². The quantitative estimate of drug-likeness (QED) is 0.920. The van der Waals surface area contributed by atoms with Gasteiger partial charge in [0.15, 0.2) is 0 Å². The van der Waals surface area contributed by atoms with Gasteiger partial charge in [0, 0.05) is 23.7 Å². The average Bonchev–Trinajstić information content (AvgIpc) is 3.31. The maximum atomic E-state index is 12.8. The molecular weight excluding hydrogens is 250 g/mol. The van der Waals surface area contributed by atoms with Crippen molar-refractivity contribution in [3.63, 3.8) is 0 Å². The van der Waals surface area contributed by atoms with Crippen LogP contribution in [0, 0.1) is 31.6 Å². The zero-order valence-electron chi connectivity index (χ0n) is 12.4. The maximum absolute atomic E-state index is 12.8. The topological polar surface area (TPSA) is 49.0 Å². The SMILES string of the molecule is Cc1n[nH]c(C)c1[C@@H]1CCCN1C(=O)[C@@H]1C[C@@H]1C1CC1. The Bertz CT molecular complexity index is 526. The molecule has 0 spiro atoms. The van der Waals surface area contributed by atoms with Crippen LogP contribution in [0.3, 0.4) is 0 Å². The molecule has 0 unspecified atom stereocenters. The second-order valence-electron chi connectivity index (χ2n) is 6.88. The Morgan fingerprint density at radius 1 is 1.30 bits per heavy atom. The van der Waals surface area contributed by atoms with Crippen LogP contribution in [0.25, 0.3) is 0 Å². The van der Waals surface area contributed by atoms with Gasteiger partial charge in [-0.1, -0.05) is 0 Å².